The Kier molecular flexibility index (Phi) is 2.73. The van der Waals surface area contributed by atoms with Gasteiger partial charge in [0.1, 0.15) is 0 Å². The first kappa shape index (κ1) is 15.4. The summed E-state index contributed by atoms with van der Waals surface area (Å²) in [5.41, 5.74) is -0.570. The molecule has 8 heteroatoms. The monoisotopic (exact) mass is 344 g/mol. The van der Waals surface area contributed by atoms with E-state index in [1.54, 1.807) is 0 Å². The van der Waals surface area contributed by atoms with Crippen molar-refractivity contribution in [3.63, 3.8) is 0 Å². The normalized spacial score (nSPS) is 51.0. The maximum atomic E-state index is 12.6. The fourth-order valence-electron chi connectivity index (χ4n) is 5.80. The maximum absolute atomic E-state index is 12.6. The SMILES string of the molecule is CC(=O)OCC12CC3C4(C1)CC3(OC(C)=O)S(=O)(=O)OC4C2C. The van der Waals surface area contributed by atoms with Crippen molar-refractivity contribution in [2.75, 3.05) is 6.61 Å². The Bertz CT molecular complexity index is 715. The van der Waals surface area contributed by atoms with Gasteiger partial charge in [0.05, 0.1) is 12.7 Å². The van der Waals surface area contributed by atoms with Crippen molar-refractivity contribution in [3.8, 4) is 0 Å². The highest BCUT2D eigenvalue weighted by Gasteiger charge is 2.88. The first-order valence-electron chi connectivity index (χ1n) is 7.84. The van der Waals surface area contributed by atoms with E-state index in [4.69, 9.17) is 13.7 Å². The van der Waals surface area contributed by atoms with E-state index in [9.17, 15) is 18.0 Å². The first-order valence-corrected chi connectivity index (χ1v) is 9.25. The second-order valence-electron chi connectivity index (χ2n) is 7.65. The fraction of sp³-hybridized carbons (Fsp3) is 0.867. The van der Waals surface area contributed by atoms with Gasteiger partial charge in [-0.2, -0.15) is 8.42 Å². The van der Waals surface area contributed by atoms with Gasteiger partial charge < -0.3 is 9.47 Å². The van der Waals surface area contributed by atoms with Crippen LogP contribution in [0.4, 0.5) is 0 Å². The zero-order valence-electron chi connectivity index (χ0n) is 13.3. The van der Waals surface area contributed by atoms with Crippen molar-refractivity contribution in [1.29, 1.82) is 0 Å². The van der Waals surface area contributed by atoms with Crippen LogP contribution in [0.25, 0.3) is 0 Å². The van der Waals surface area contributed by atoms with Crippen molar-refractivity contribution in [2.24, 2.45) is 22.7 Å². The molecule has 1 spiro atoms. The van der Waals surface area contributed by atoms with Gasteiger partial charge in [-0.05, 0) is 18.8 Å². The lowest BCUT2D eigenvalue weighted by atomic mass is 9.54. The Morgan fingerprint density at radius 3 is 2.52 bits per heavy atom. The predicted molar refractivity (Wildman–Crippen MR) is 76.3 cm³/mol. The van der Waals surface area contributed by atoms with E-state index >= 15 is 0 Å². The van der Waals surface area contributed by atoms with E-state index in [0.29, 0.717) is 12.8 Å². The van der Waals surface area contributed by atoms with Crippen LogP contribution in [-0.2, 0) is 33.4 Å². The van der Waals surface area contributed by atoms with Crippen LogP contribution in [0.1, 0.15) is 40.0 Å². The number of rotatable bonds is 3. The molecule has 1 heterocycles. The quantitative estimate of drug-likeness (QED) is 0.556. The van der Waals surface area contributed by atoms with Crippen LogP contribution in [0.3, 0.4) is 0 Å². The fourth-order valence-corrected chi connectivity index (χ4v) is 7.93. The van der Waals surface area contributed by atoms with E-state index in [1.165, 1.54) is 13.8 Å². The van der Waals surface area contributed by atoms with Gasteiger partial charge >= 0.3 is 22.1 Å². The predicted octanol–water partition coefficient (Wildman–Crippen LogP) is 0.974. The van der Waals surface area contributed by atoms with Gasteiger partial charge in [-0.25, -0.2) is 0 Å². The number of carbonyl (C=O) groups excluding carboxylic acids is 2. The molecular weight excluding hydrogens is 324 g/mol. The highest BCUT2D eigenvalue weighted by atomic mass is 32.2. The van der Waals surface area contributed by atoms with Gasteiger partial charge in [0.25, 0.3) is 0 Å². The molecule has 3 saturated carbocycles. The Labute approximate surface area is 134 Å². The van der Waals surface area contributed by atoms with Crippen LogP contribution < -0.4 is 0 Å². The molecule has 23 heavy (non-hydrogen) atoms. The molecule has 6 unspecified atom stereocenters. The van der Waals surface area contributed by atoms with Crippen LogP contribution in [0.5, 0.6) is 0 Å². The zero-order valence-corrected chi connectivity index (χ0v) is 14.1. The smallest absolute Gasteiger partial charge is 0.309 e. The van der Waals surface area contributed by atoms with Gasteiger partial charge in [-0.15, -0.1) is 0 Å². The molecule has 0 aromatic heterocycles. The lowest BCUT2D eigenvalue weighted by Gasteiger charge is -2.64. The lowest BCUT2D eigenvalue weighted by molar-refractivity contribution is -0.231. The summed E-state index contributed by atoms with van der Waals surface area (Å²) in [6, 6.07) is 0. The second kappa shape index (κ2) is 4.08. The largest absolute Gasteiger partial charge is 0.465 e. The van der Waals surface area contributed by atoms with Crippen molar-refractivity contribution in [1.82, 2.24) is 0 Å². The van der Waals surface area contributed by atoms with Crippen LogP contribution in [0.2, 0.25) is 0 Å². The summed E-state index contributed by atoms with van der Waals surface area (Å²) < 4.78 is 41.2. The Hall–Kier alpha value is -1.15. The number of carbonyl (C=O) groups is 2. The number of fused-ring (bicyclic) bond motifs is 3. The molecule has 3 aliphatic carbocycles. The molecule has 0 N–H and O–H groups in total. The molecule has 0 amide bonds. The summed E-state index contributed by atoms with van der Waals surface area (Å²) in [6.07, 6.45) is 1.21. The average molecular weight is 344 g/mol. The molecule has 7 nitrogen and oxygen atoms in total. The highest BCUT2D eigenvalue weighted by molar-refractivity contribution is 7.88. The minimum atomic E-state index is -3.96. The minimum Gasteiger partial charge on any atom is -0.465 e. The van der Waals surface area contributed by atoms with E-state index in [0.717, 1.165) is 6.42 Å². The molecule has 6 atom stereocenters. The zero-order chi connectivity index (χ0) is 16.8. The molecule has 4 fully saturated rings. The average Bonchev–Trinajstić information content (AvgIpc) is 2.82. The third-order valence-corrected chi connectivity index (χ3v) is 8.43. The van der Waals surface area contributed by atoms with Crippen molar-refractivity contribution in [3.05, 3.63) is 0 Å². The molecule has 128 valence electrons. The third kappa shape index (κ3) is 1.56. The Morgan fingerprint density at radius 1 is 1.22 bits per heavy atom. The summed E-state index contributed by atoms with van der Waals surface area (Å²) in [7, 11) is -3.96. The summed E-state index contributed by atoms with van der Waals surface area (Å²) in [6.45, 7) is 4.80. The van der Waals surface area contributed by atoms with Gasteiger partial charge in [0.15, 0.2) is 0 Å². The van der Waals surface area contributed by atoms with E-state index in [2.05, 4.69) is 0 Å². The number of hydrogen-bond acceptors (Lipinski definition) is 7. The van der Waals surface area contributed by atoms with Gasteiger partial charge in [0.2, 0.25) is 4.93 Å². The lowest BCUT2D eigenvalue weighted by Crippen LogP contribution is -2.75. The van der Waals surface area contributed by atoms with Crippen LogP contribution in [-0.4, -0.2) is 38.0 Å². The van der Waals surface area contributed by atoms with E-state index in [1.807, 2.05) is 6.92 Å². The van der Waals surface area contributed by atoms with E-state index in [-0.39, 0.29) is 35.2 Å². The highest BCUT2D eigenvalue weighted by Crippen LogP contribution is 2.82. The summed E-state index contributed by atoms with van der Waals surface area (Å²) in [5.74, 6) is -1.26. The standard InChI is InChI=1S/C15H20O7S/c1-8-12-14-5-13(8,7-20-9(2)16)4-11(14)15(6-14,21-10(3)17)23(18,19)22-12/h8,11-12H,4-7H2,1-3H3. The molecule has 1 saturated heterocycles. The van der Waals surface area contributed by atoms with Crippen LogP contribution in [0, 0.1) is 22.7 Å². The molecule has 0 radical (unpaired) electrons. The van der Waals surface area contributed by atoms with Gasteiger partial charge in [-0.1, -0.05) is 6.92 Å². The third-order valence-electron chi connectivity index (χ3n) is 6.61. The molecule has 0 aromatic rings. The van der Waals surface area contributed by atoms with Crippen molar-refractivity contribution in [2.45, 2.75) is 51.1 Å². The van der Waals surface area contributed by atoms with Crippen LogP contribution >= 0.6 is 0 Å². The Morgan fingerprint density at radius 2 is 1.91 bits per heavy atom. The number of hydrogen-bond donors (Lipinski definition) is 0. The van der Waals surface area contributed by atoms with Gasteiger partial charge in [0, 0.05) is 37.0 Å². The summed E-state index contributed by atoms with van der Waals surface area (Å²) in [5, 5.41) is 0. The van der Waals surface area contributed by atoms with Crippen molar-refractivity contribution >= 4 is 22.1 Å². The first-order chi connectivity index (χ1) is 10.6. The topological polar surface area (TPSA) is 96.0 Å². The number of esters is 2. The Balaban J connectivity index is 1.73. The summed E-state index contributed by atoms with van der Waals surface area (Å²) >= 11 is 0. The van der Waals surface area contributed by atoms with Crippen LogP contribution in [0.15, 0.2) is 0 Å². The maximum Gasteiger partial charge on any atom is 0.309 e. The minimum absolute atomic E-state index is 0.0245. The molecular formula is C15H20O7S. The molecule has 4 aliphatic rings. The van der Waals surface area contributed by atoms with E-state index < -0.39 is 27.1 Å². The molecule has 3 bridgehead atoms. The second-order valence-corrected chi connectivity index (χ2v) is 9.44. The van der Waals surface area contributed by atoms with Gasteiger partial charge in [-0.3, -0.25) is 13.8 Å². The number of ether oxygens (including phenoxy) is 2. The summed E-state index contributed by atoms with van der Waals surface area (Å²) in [4.78, 5) is 21.1. The van der Waals surface area contributed by atoms with Crippen molar-refractivity contribution < 1.29 is 31.7 Å². The molecule has 4 rings (SSSR count). The molecule has 1 aliphatic heterocycles. The molecule has 0 aromatic carbocycles.